The van der Waals surface area contributed by atoms with Gasteiger partial charge in [0.05, 0.1) is 21.9 Å². The minimum atomic E-state index is -4.55. The van der Waals surface area contributed by atoms with E-state index in [1.54, 1.807) is 0 Å². The number of amides is 1. The minimum absolute atomic E-state index is 0.267. The molecule has 2 bridgehead atoms. The summed E-state index contributed by atoms with van der Waals surface area (Å²) in [7, 11) is -3.79. The number of carbonyl (C=O) groups is 1. The van der Waals surface area contributed by atoms with Gasteiger partial charge in [0.15, 0.2) is 9.84 Å². The quantitative estimate of drug-likeness (QED) is 0.799. The molecule has 4 rings (SSSR count). The van der Waals surface area contributed by atoms with Crippen molar-refractivity contribution in [2.24, 2.45) is 5.41 Å². The van der Waals surface area contributed by atoms with Crippen molar-refractivity contribution in [1.29, 1.82) is 5.26 Å². The van der Waals surface area contributed by atoms with Gasteiger partial charge in [-0.2, -0.15) is 18.4 Å². The van der Waals surface area contributed by atoms with E-state index in [1.807, 2.05) is 0 Å². The summed E-state index contributed by atoms with van der Waals surface area (Å²) in [5.41, 5.74) is -5.82. The number of nitrogens with zero attached hydrogens (tertiary/aromatic N) is 1. The molecule has 0 atom stereocenters. The fraction of sp³-hybridized carbons (Fsp3) is 0.467. The molecule has 0 aliphatic heterocycles. The number of hydrogen-bond donors (Lipinski definition) is 1. The lowest BCUT2D eigenvalue weighted by Gasteiger charge is -2.66. The van der Waals surface area contributed by atoms with Crippen molar-refractivity contribution in [3.8, 4) is 6.07 Å². The number of alkyl halides is 3. The Morgan fingerprint density at radius 3 is 2.40 bits per heavy atom. The summed E-state index contributed by atoms with van der Waals surface area (Å²) >= 11 is -0.416. The van der Waals surface area contributed by atoms with E-state index in [1.165, 1.54) is 0 Å². The molecule has 1 amide bonds. The van der Waals surface area contributed by atoms with Crippen LogP contribution in [0.5, 0.6) is 0 Å². The second kappa shape index (κ2) is 5.38. The lowest BCUT2D eigenvalue weighted by Crippen LogP contribution is -2.74. The zero-order valence-corrected chi connectivity index (χ0v) is 14.6. The van der Waals surface area contributed by atoms with E-state index in [2.05, 4.69) is 11.4 Å². The largest absolute Gasteiger partial charge is 0.446 e. The van der Waals surface area contributed by atoms with Crippen LogP contribution in [0.15, 0.2) is 28.0 Å². The van der Waals surface area contributed by atoms with E-state index >= 15 is 0 Å². The highest BCUT2D eigenvalue weighted by Gasteiger charge is 2.69. The van der Waals surface area contributed by atoms with Crippen molar-refractivity contribution in [2.75, 3.05) is 6.26 Å². The minimum Gasteiger partial charge on any atom is -0.346 e. The normalized spacial score (nSPS) is 27.6. The Balaban J connectivity index is 1.89. The van der Waals surface area contributed by atoms with Gasteiger partial charge in [-0.05, 0) is 49.2 Å². The maximum absolute atomic E-state index is 12.5. The molecule has 3 aliphatic carbocycles. The molecule has 1 aromatic rings. The van der Waals surface area contributed by atoms with Crippen molar-refractivity contribution in [1.82, 2.24) is 5.32 Å². The van der Waals surface area contributed by atoms with Crippen molar-refractivity contribution in [2.45, 2.75) is 40.1 Å². The standard InChI is InChI=1S/C15H13F3N2O3S2/c1-25(22,23)11-3-2-9(24-15(16,17)18)4-10(11)12(21)20-14-5-13(6-14,7-14)8-19/h2-4H,5-7H2,1H3,(H,20,21). The number of carbonyl (C=O) groups excluding carboxylic acids is 1. The van der Waals surface area contributed by atoms with Gasteiger partial charge in [0.1, 0.15) is 0 Å². The van der Waals surface area contributed by atoms with Gasteiger partial charge in [-0.15, -0.1) is 0 Å². The maximum Gasteiger partial charge on any atom is 0.446 e. The summed E-state index contributed by atoms with van der Waals surface area (Å²) in [5, 5.41) is 11.7. The molecule has 5 nitrogen and oxygen atoms in total. The van der Waals surface area contributed by atoms with Gasteiger partial charge in [0, 0.05) is 16.7 Å². The molecule has 134 valence electrons. The van der Waals surface area contributed by atoms with Gasteiger partial charge >= 0.3 is 5.51 Å². The van der Waals surface area contributed by atoms with E-state index < -0.39 is 44.0 Å². The Labute approximate surface area is 146 Å². The van der Waals surface area contributed by atoms with Crippen LogP contribution in [0.1, 0.15) is 29.6 Å². The molecule has 1 N–H and O–H groups in total. The SMILES string of the molecule is CS(=O)(=O)c1ccc(SC(F)(F)F)cc1C(=O)NC12CC(C#N)(C1)C2. The summed E-state index contributed by atoms with van der Waals surface area (Å²) < 4.78 is 61.4. The summed E-state index contributed by atoms with van der Waals surface area (Å²) in [6.45, 7) is 0. The van der Waals surface area contributed by atoms with E-state index in [4.69, 9.17) is 5.26 Å². The number of sulfone groups is 1. The molecular weight excluding hydrogens is 377 g/mol. The van der Waals surface area contributed by atoms with Crippen molar-refractivity contribution < 1.29 is 26.4 Å². The second-order valence-electron chi connectivity index (χ2n) is 6.63. The van der Waals surface area contributed by atoms with E-state index in [0.717, 1.165) is 24.5 Å². The maximum atomic E-state index is 12.5. The molecule has 0 unspecified atom stereocenters. The molecular formula is C15H13F3N2O3S2. The fourth-order valence-corrected chi connectivity index (χ4v) is 5.00. The van der Waals surface area contributed by atoms with E-state index in [9.17, 15) is 26.4 Å². The lowest BCUT2D eigenvalue weighted by molar-refractivity contribution is -0.102. The number of nitrogens with one attached hydrogen (secondary N) is 1. The molecule has 1 aromatic carbocycles. The first kappa shape index (κ1) is 18.1. The third-order valence-electron chi connectivity index (χ3n) is 4.47. The van der Waals surface area contributed by atoms with Gasteiger partial charge in [0.2, 0.25) is 0 Å². The summed E-state index contributed by atoms with van der Waals surface area (Å²) in [4.78, 5) is 11.9. The number of halogens is 3. The molecule has 0 heterocycles. The van der Waals surface area contributed by atoms with Crippen LogP contribution in [0.2, 0.25) is 0 Å². The van der Waals surface area contributed by atoms with Crippen LogP contribution in [0.4, 0.5) is 13.2 Å². The van der Waals surface area contributed by atoms with Crippen LogP contribution in [0, 0.1) is 16.7 Å². The molecule has 25 heavy (non-hydrogen) atoms. The highest BCUT2D eigenvalue weighted by atomic mass is 32.2. The first-order valence-corrected chi connectivity index (χ1v) is 9.92. The third-order valence-corrected chi connectivity index (χ3v) is 6.35. The van der Waals surface area contributed by atoms with Gasteiger partial charge in [0.25, 0.3) is 5.91 Å². The molecule has 0 spiro atoms. The van der Waals surface area contributed by atoms with Crippen molar-refractivity contribution >= 4 is 27.5 Å². The molecule has 0 saturated heterocycles. The van der Waals surface area contributed by atoms with Crippen molar-refractivity contribution in [3.05, 3.63) is 23.8 Å². The Hall–Kier alpha value is -1.73. The molecule has 3 aliphatic rings. The third kappa shape index (κ3) is 3.35. The molecule has 10 heteroatoms. The monoisotopic (exact) mass is 390 g/mol. The van der Waals surface area contributed by atoms with Crippen LogP contribution in [0.3, 0.4) is 0 Å². The van der Waals surface area contributed by atoms with Crippen LogP contribution < -0.4 is 5.32 Å². The molecule has 3 saturated carbocycles. The average molecular weight is 390 g/mol. The van der Waals surface area contributed by atoms with E-state index in [-0.39, 0.29) is 15.4 Å². The highest BCUT2D eigenvalue weighted by molar-refractivity contribution is 8.00. The van der Waals surface area contributed by atoms with Gasteiger partial charge < -0.3 is 5.32 Å². The van der Waals surface area contributed by atoms with E-state index in [0.29, 0.717) is 19.3 Å². The number of hydrogen-bond acceptors (Lipinski definition) is 5. The predicted octanol–water partition coefficient (Wildman–Crippen LogP) is 2.88. The average Bonchev–Trinajstić information content (AvgIpc) is 2.37. The molecule has 0 aromatic heterocycles. The first-order valence-electron chi connectivity index (χ1n) is 7.21. The van der Waals surface area contributed by atoms with Crippen LogP contribution in [0.25, 0.3) is 0 Å². The van der Waals surface area contributed by atoms with Crippen molar-refractivity contribution in [3.63, 3.8) is 0 Å². The highest BCUT2D eigenvalue weighted by Crippen LogP contribution is 2.66. The Kier molecular flexibility index (Phi) is 3.89. The van der Waals surface area contributed by atoms with Crippen LogP contribution >= 0.6 is 11.8 Å². The second-order valence-corrected chi connectivity index (χ2v) is 9.76. The summed E-state index contributed by atoms with van der Waals surface area (Å²) in [5.74, 6) is -0.740. The van der Waals surface area contributed by atoms with Gasteiger partial charge in [-0.1, -0.05) is 0 Å². The summed E-state index contributed by atoms with van der Waals surface area (Å²) in [6, 6.07) is 5.15. The topological polar surface area (TPSA) is 87.0 Å². The smallest absolute Gasteiger partial charge is 0.346 e. The number of nitriles is 1. The predicted molar refractivity (Wildman–Crippen MR) is 83.6 cm³/mol. The number of thioether (sulfide) groups is 1. The Morgan fingerprint density at radius 2 is 1.92 bits per heavy atom. The molecule has 0 radical (unpaired) electrons. The number of rotatable bonds is 4. The van der Waals surface area contributed by atoms with Crippen LogP contribution in [-0.4, -0.2) is 31.6 Å². The summed E-state index contributed by atoms with van der Waals surface area (Å²) in [6.07, 6.45) is 2.33. The Morgan fingerprint density at radius 1 is 1.32 bits per heavy atom. The van der Waals surface area contributed by atoms with Gasteiger partial charge in [-0.3, -0.25) is 4.79 Å². The zero-order chi connectivity index (χ0) is 18.7. The molecule has 3 fully saturated rings. The first-order chi connectivity index (χ1) is 11.4. The fourth-order valence-electron chi connectivity index (χ4n) is 3.55. The number of benzene rings is 1. The lowest BCUT2D eigenvalue weighted by atomic mass is 9.40. The Bertz CT molecular complexity index is 884. The van der Waals surface area contributed by atoms with Gasteiger partial charge in [-0.25, -0.2) is 8.42 Å². The van der Waals surface area contributed by atoms with Crippen LogP contribution in [-0.2, 0) is 9.84 Å². The zero-order valence-electron chi connectivity index (χ0n) is 13.0.